The Morgan fingerprint density at radius 3 is 2.03 bits per heavy atom. The lowest BCUT2D eigenvalue weighted by Crippen LogP contribution is -2.35. The maximum atomic E-state index is 13.5. The van der Waals surface area contributed by atoms with Gasteiger partial charge < -0.3 is 9.05 Å². The van der Waals surface area contributed by atoms with Gasteiger partial charge in [-0.25, -0.2) is 0 Å². The second-order valence-corrected chi connectivity index (χ2v) is 10.4. The Balaban J connectivity index is 2.18. The number of benzene rings is 2. The predicted molar refractivity (Wildman–Crippen MR) is 124 cm³/mol. The zero-order valence-corrected chi connectivity index (χ0v) is 20.7. The Kier molecular flexibility index (Phi) is 7.47. The van der Waals surface area contributed by atoms with Gasteiger partial charge in [-0.05, 0) is 43.7 Å². The predicted octanol–water partition coefficient (Wildman–Crippen LogP) is 6.87. The van der Waals surface area contributed by atoms with E-state index in [9.17, 15) is 14.2 Å². The summed E-state index contributed by atoms with van der Waals surface area (Å²) >= 11 is 15.5. The first kappa shape index (κ1) is 24.2. The number of rotatable bonds is 8. The molecule has 2 amide bonds. The van der Waals surface area contributed by atoms with Crippen molar-refractivity contribution < 1.29 is 23.2 Å². The molecule has 0 saturated carbocycles. The van der Waals surface area contributed by atoms with E-state index in [4.69, 9.17) is 32.2 Å². The van der Waals surface area contributed by atoms with E-state index in [1.54, 1.807) is 38.1 Å². The Bertz CT molecular complexity index is 1070. The Morgan fingerprint density at radius 1 is 1.06 bits per heavy atom. The minimum atomic E-state index is -3.87. The number of halogens is 3. The van der Waals surface area contributed by atoms with Crippen LogP contribution < -0.4 is 0 Å². The fourth-order valence-electron chi connectivity index (χ4n) is 3.35. The molecule has 6 nitrogen and oxygen atoms in total. The van der Waals surface area contributed by atoms with Crippen LogP contribution in [-0.2, 0) is 13.6 Å². The number of carbonyl (C=O) groups excluding carboxylic acids is 2. The van der Waals surface area contributed by atoms with E-state index < -0.39 is 25.5 Å². The molecule has 0 bridgehead atoms. The smallest absolute Gasteiger partial charge is 0.306 e. The van der Waals surface area contributed by atoms with Crippen LogP contribution in [0.3, 0.4) is 0 Å². The Morgan fingerprint density at radius 2 is 1.58 bits per heavy atom. The van der Waals surface area contributed by atoms with Crippen molar-refractivity contribution in [3.8, 4) is 0 Å². The maximum Gasteiger partial charge on any atom is 0.359 e. The van der Waals surface area contributed by atoms with Crippen LogP contribution in [0.4, 0.5) is 0 Å². The van der Waals surface area contributed by atoms with Crippen LogP contribution in [0.5, 0.6) is 0 Å². The summed E-state index contributed by atoms with van der Waals surface area (Å²) < 4.78 is 25.1. The van der Waals surface area contributed by atoms with E-state index in [2.05, 4.69) is 22.5 Å². The Hall–Kier alpha value is -1.47. The highest BCUT2D eigenvalue weighted by Crippen LogP contribution is 2.61. The van der Waals surface area contributed by atoms with Crippen LogP contribution in [0.15, 0.2) is 52.8 Å². The topological polar surface area (TPSA) is 72.9 Å². The lowest BCUT2D eigenvalue weighted by molar-refractivity contribution is 0.0608. The zero-order valence-electron chi connectivity index (χ0n) is 16.7. The van der Waals surface area contributed by atoms with Gasteiger partial charge in [0.1, 0.15) is 0 Å². The molecule has 10 heteroatoms. The average molecular weight is 547 g/mol. The van der Waals surface area contributed by atoms with Gasteiger partial charge >= 0.3 is 7.60 Å². The van der Waals surface area contributed by atoms with Crippen molar-refractivity contribution in [2.24, 2.45) is 0 Å². The first-order valence-corrected chi connectivity index (χ1v) is 12.4. The quantitative estimate of drug-likeness (QED) is 0.267. The number of fused-ring (bicyclic) bond motifs is 1. The van der Waals surface area contributed by atoms with E-state index >= 15 is 0 Å². The van der Waals surface area contributed by atoms with Crippen LogP contribution in [0.25, 0.3) is 0 Å². The van der Waals surface area contributed by atoms with Crippen molar-refractivity contribution in [1.82, 2.24) is 4.90 Å². The minimum absolute atomic E-state index is 0.0269. The molecule has 0 radical (unpaired) electrons. The van der Waals surface area contributed by atoms with Gasteiger partial charge in [0.15, 0.2) is 0 Å². The highest BCUT2D eigenvalue weighted by Gasteiger charge is 2.46. The van der Waals surface area contributed by atoms with Crippen LogP contribution in [0.1, 0.15) is 46.2 Å². The molecular weight excluding hydrogens is 528 g/mol. The molecule has 0 spiro atoms. The van der Waals surface area contributed by atoms with Gasteiger partial charge in [0.25, 0.3) is 11.8 Å². The van der Waals surface area contributed by atoms with Crippen molar-refractivity contribution in [1.29, 1.82) is 0 Å². The lowest BCUT2D eigenvalue weighted by atomic mass is 10.1. The standard InChI is InChI=1S/C21H19BrCl2NO5P/c1-4-29-31(28,30-5-2)12(3)19(13-7-6-8-14(22)9-13)25-20(26)15-10-17(23)18(24)11-16(15)21(25)27/h6-11,19H,3-5H2,1-2H3. The molecule has 2 aromatic rings. The van der Waals surface area contributed by atoms with E-state index in [0.717, 1.165) is 4.90 Å². The first-order chi connectivity index (χ1) is 14.6. The highest BCUT2D eigenvalue weighted by atomic mass is 79.9. The van der Waals surface area contributed by atoms with Crippen LogP contribution in [0.2, 0.25) is 10.0 Å². The summed E-state index contributed by atoms with van der Waals surface area (Å²) in [5.74, 6) is -1.21. The molecule has 0 fully saturated rings. The molecule has 1 aliphatic heterocycles. The van der Waals surface area contributed by atoms with Crippen LogP contribution in [-0.4, -0.2) is 29.9 Å². The second kappa shape index (κ2) is 9.57. The van der Waals surface area contributed by atoms with Crippen LogP contribution in [0, 0.1) is 0 Å². The molecule has 1 atom stereocenters. The van der Waals surface area contributed by atoms with Crippen molar-refractivity contribution in [2.75, 3.05) is 13.2 Å². The normalized spacial score (nSPS) is 14.7. The SMILES string of the molecule is C=C(C(c1cccc(Br)c1)N1C(=O)c2cc(Cl)c(Cl)cc2C1=O)P(=O)(OCC)OCC. The van der Waals surface area contributed by atoms with E-state index in [1.165, 1.54) is 12.1 Å². The molecule has 1 aliphatic rings. The Labute approximate surface area is 198 Å². The third kappa shape index (κ3) is 4.54. The number of imide groups is 1. The number of amides is 2. The molecule has 0 N–H and O–H groups in total. The largest absolute Gasteiger partial charge is 0.359 e. The summed E-state index contributed by atoms with van der Waals surface area (Å²) in [7, 11) is -3.87. The summed E-state index contributed by atoms with van der Waals surface area (Å²) in [5, 5.41) is 0.270. The summed E-state index contributed by atoms with van der Waals surface area (Å²) in [6, 6.07) is 8.53. The third-order valence-corrected chi connectivity index (χ3v) is 8.01. The second-order valence-electron chi connectivity index (χ2n) is 6.57. The molecule has 1 unspecified atom stereocenters. The third-order valence-electron chi connectivity index (χ3n) is 4.65. The van der Waals surface area contributed by atoms with E-state index in [0.29, 0.717) is 10.0 Å². The van der Waals surface area contributed by atoms with Gasteiger partial charge in [0, 0.05) is 4.47 Å². The molecule has 0 aliphatic carbocycles. The fraction of sp³-hybridized carbons (Fsp3) is 0.238. The zero-order chi connectivity index (χ0) is 22.9. The number of hydrogen-bond donors (Lipinski definition) is 0. The van der Waals surface area contributed by atoms with Crippen molar-refractivity contribution in [3.05, 3.63) is 79.5 Å². The number of nitrogens with zero attached hydrogens (tertiary/aromatic N) is 1. The highest BCUT2D eigenvalue weighted by molar-refractivity contribution is 9.10. The minimum Gasteiger partial charge on any atom is -0.306 e. The molecule has 0 aromatic heterocycles. The maximum absolute atomic E-state index is 13.5. The summed E-state index contributed by atoms with van der Waals surface area (Å²) in [6.07, 6.45) is 0. The summed E-state index contributed by atoms with van der Waals surface area (Å²) in [6.45, 7) is 7.47. The first-order valence-electron chi connectivity index (χ1n) is 9.35. The van der Waals surface area contributed by atoms with E-state index in [-0.39, 0.29) is 39.7 Å². The molecule has 2 aromatic carbocycles. The lowest BCUT2D eigenvalue weighted by Gasteiger charge is -2.31. The molecule has 31 heavy (non-hydrogen) atoms. The monoisotopic (exact) mass is 545 g/mol. The molecule has 3 rings (SSSR count). The molecular formula is C21H19BrCl2NO5P. The summed E-state index contributed by atoms with van der Waals surface area (Å²) in [4.78, 5) is 27.6. The van der Waals surface area contributed by atoms with Crippen LogP contribution >= 0.6 is 46.7 Å². The van der Waals surface area contributed by atoms with Gasteiger partial charge in [-0.1, -0.05) is 57.8 Å². The van der Waals surface area contributed by atoms with Gasteiger partial charge in [-0.3, -0.25) is 19.1 Å². The molecule has 164 valence electrons. The average Bonchev–Trinajstić information content (AvgIpc) is 2.94. The van der Waals surface area contributed by atoms with E-state index in [1.807, 2.05) is 0 Å². The van der Waals surface area contributed by atoms with Crippen molar-refractivity contribution in [2.45, 2.75) is 19.9 Å². The van der Waals surface area contributed by atoms with Gasteiger partial charge in [0.05, 0.1) is 45.7 Å². The van der Waals surface area contributed by atoms with Gasteiger partial charge in [0.2, 0.25) is 0 Å². The number of carbonyl (C=O) groups is 2. The molecule has 0 saturated heterocycles. The summed E-state index contributed by atoms with van der Waals surface area (Å²) in [5.41, 5.74) is 0.718. The number of hydrogen-bond acceptors (Lipinski definition) is 5. The fourth-order valence-corrected chi connectivity index (χ4v) is 5.74. The van der Waals surface area contributed by atoms with Crippen molar-refractivity contribution >= 4 is 58.5 Å². The van der Waals surface area contributed by atoms with Crippen molar-refractivity contribution in [3.63, 3.8) is 0 Å². The van der Waals surface area contributed by atoms with Gasteiger partial charge in [-0.15, -0.1) is 0 Å². The molecule has 1 heterocycles. The van der Waals surface area contributed by atoms with Gasteiger partial charge in [-0.2, -0.15) is 0 Å².